The number of carbonyl (C=O) groups excluding carboxylic acids is 2. The highest BCUT2D eigenvalue weighted by Gasteiger charge is 2.31. The van der Waals surface area contributed by atoms with Crippen molar-refractivity contribution in [2.24, 2.45) is 0 Å². The molecule has 11 heteroatoms. The standard InChI is InChI=1S/C28H42N6O5/c1-7-8-20(11-14-35)31-25-22(18(2)30-26(29)32-25)15-19-9-10-21(16-23(19)38-6)34-13-12-33(17-24(34)36)27(37)39-28(3,4)5/h9-10,16,20,35H,7-8,11-15,17H2,1-6H3,(H3,29,30,31,32). The highest BCUT2D eigenvalue weighted by molar-refractivity contribution is 5.97. The smallest absolute Gasteiger partial charge is 0.410 e. The van der Waals surface area contributed by atoms with Crippen LogP contribution in [-0.4, -0.2) is 77.0 Å². The molecule has 1 aliphatic rings. The second-order valence-corrected chi connectivity index (χ2v) is 10.8. The van der Waals surface area contributed by atoms with Gasteiger partial charge in [-0.2, -0.15) is 4.98 Å². The van der Waals surface area contributed by atoms with Gasteiger partial charge in [-0.15, -0.1) is 0 Å². The molecule has 0 saturated carbocycles. The fourth-order valence-corrected chi connectivity index (χ4v) is 4.60. The van der Waals surface area contributed by atoms with Crippen LogP contribution in [0.1, 0.15) is 63.8 Å². The molecule has 1 unspecified atom stereocenters. The summed E-state index contributed by atoms with van der Waals surface area (Å²) in [5.41, 5.74) is 8.57. The number of hydrogen-bond donors (Lipinski definition) is 3. The number of nitrogens with two attached hydrogens (primary N) is 1. The van der Waals surface area contributed by atoms with E-state index in [0.717, 1.165) is 29.7 Å². The average molecular weight is 543 g/mol. The first-order valence-electron chi connectivity index (χ1n) is 13.4. The van der Waals surface area contributed by atoms with Gasteiger partial charge in [0.2, 0.25) is 11.9 Å². The van der Waals surface area contributed by atoms with Crippen molar-refractivity contribution in [2.75, 3.05) is 49.3 Å². The fourth-order valence-electron chi connectivity index (χ4n) is 4.60. The molecule has 2 heterocycles. The molecule has 1 saturated heterocycles. The van der Waals surface area contributed by atoms with Gasteiger partial charge in [0.25, 0.3) is 0 Å². The maximum atomic E-state index is 13.0. The zero-order chi connectivity index (χ0) is 28.7. The lowest BCUT2D eigenvalue weighted by Gasteiger charge is -2.35. The number of aliphatic hydroxyl groups is 1. The van der Waals surface area contributed by atoms with Crippen molar-refractivity contribution >= 4 is 29.5 Å². The van der Waals surface area contributed by atoms with Crippen molar-refractivity contribution < 1.29 is 24.2 Å². The molecular weight excluding hydrogens is 500 g/mol. The number of nitrogens with zero attached hydrogens (tertiary/aromatic N) is 4. The monoisotopic (exact) mass is 542 g/mol. The second kappa shape index (κ2) is 13.0. The lowest BCUT2D eigenvalue weighted by Crippen LogP contribution is -2.53. The molecule has 39 heavy (non-hydrogen) atoms. The van der Waals surface area contributed by atoms with E-state index in [2.05, 4.69) is 22.2 Å². The van der Waals surface area contributed by atoms with Crippen LogP contribution >= 0.6 is 0 Å². The highest BCUT2D eigenvalue weighted by Crippen LogP contribution is 2.31. The number of anilines is 3. The second-order valence-electron chi connectivity index (χ2n) is 10.8. The Labute approximate surface area is 230 Å². The van der Waals surface area contributed by atoms with Gasteiger partial charge in [-0.05, 0) is 52.2 Å². The van der Waals surface area contributed by atoms with Gasteiger partial charge in [-0.3, -0.25) is 9.69 Å². The first-order chi connectivity index (χ1) is 18.4. The summed E-state index contributed by atoms with van der Waals surface area (Å²) in [6, 6.07) is 5.70. The lowest BCUT2D eigenvalue weighted by molar-refractivity contribution is -0.121. The number of nitrogens with one attached hydrogen (secondary N) is 1. The Kier molecular flexibility index (Phi) is 9.96. The van der Waals surface area contributed by atoms with Gasteiger partial charge in [0.1, 0.15) is 23.7 Å². The number of benzene rings is 1. The zero-order valence-corrected chi connectivity index (χ0v) is 23.9. The van der Waals surface area contributed by atoms with Gasteiger partial charge < -0.3 is 30.5 Å². The van der Waals surface area contributed by atoms with E-state index in [1.165, 1.54) is 4.90 Å². The quantitative estimate of drug-likeness (QED) is 0.411. The Morgan fingerprint density at radius 2 is 1.97 bits per heavy atom. The Bertz CT molecular complexity index is 1160. The molecule has 214 valence electrons. The molecule has 3 rings (SSSR count). The van der Waals surface area contributed by atoms with Crippen LogP contribution in [-0.2, 0) is 16.0 Å². The van der Waals surface area contributed by atoms with E-state index in [4.69, 9.17) is 15.2 Å². The Morgan fingerprint density at radius 3 is 2.59 bits per heavy atom. The van der Waals surface area contributed by atoms with Crippen LogP contribution in [0.5, 0.6) is 5.75 Å². The van der Waals surface area contributed by atoms with Crippen molar-refractivity contribution in [3.05, 3.63) is 35.0 Å². The van der Waals surface area contributed by atoms with Crippen LogP contribution in [0.25, 0.3) is 0 Å². The Balaban J connectivity index is 1.81. The molecule has 11 nitrogen and oxygen atoms in total. The third kappa shape index (κ3) is 7.95. The first kappa shape index (κ1) is 29.9. The van der Waals surface area contributed by atoms with Crippen molar-refractivity contribution in [3.8, 4) is 5.75 Å². The largest absolute Gasteiger partial charge is 0.496 e. The summed E-state index contributed by atoms with van der Waals surface area (Å²) in [7, 11) is 1.59. The number of hydrogen-bond acceptors (Lipinski definition) is 9. The third-order valence-corrected chi connectivity index (χ3v) is 6.51. The molecule has 0 aliphatic carbocycles. The van der Waals surface area contributed by atoms with E-state index >= 15 is 0 Å². The van der Waals surface area contributed by atoms with Crippen molar-refractivity contribution in [1.82, 2.24) is 14.9 Å². The minimum absolute atomic E-state index is 0.0528. The normalized spacial score (nSPS) is 14.8. The Morgan fingerprint density at radius 1 is 1.23 bits per heavy atom. The molecule has 1 aliphatic heterocycles. The SMILES string of the molecule is CCCC(CCO)Nc1nc(N)nc(C)c1Cc1ccc(N2CCN(C(=O)OC(C)(C)C)CC2=O)cc1OC. The number of aliphatic hydroxyl groups excluding tert-OH is 1. The number of ether oxygens (including phenoxy) is 2. The van der Waals surface area contributed by atoms with Crippen LogP contribution in [0.3, 0.4) is 0 Å². The first-order valence-corrected chi connectivity index (χ1v) is 13.4. The van der Waals surface area contributed by atoms with E-state index in [9.17, 15) is 14.7 Å². The van der Waals surface area contributed by atoms with Gasteiger partial charge in [-0.1, -0.05) is 19.4 Å². The number of amides is 2. The van der Waals surface area contributed by atoms with Gasteiger partial charge >= 0.3 is 6.09 Å². The molecule has 0 spiro atoms. The highest BCUT2D eigenvalue weighted by atomic mass is 16.6. The van der Waals surface area contributed by atoms with E-state index < -0.39 is 11.7 Å². The number of piperazine rings is 1. The summed E-state index contributed by atoms with van der Waals surface area (Å²) in [5.74, 6) is 1.26. The number of nitrogen functional groups attached to an aromatic ring is 1. The van der Waals surface area contributed by atoms with Crippen LogP contribution < -0.4 is 20.7 Å². The molecule has 4 N–H and O–H groups in total. The maximum Gasteiger partial charge on any atom is 0.410 e. The van der Waals surface area contributed by atoms with E-state index in [0.29, 0.717) is 43.2 Å². The summed E-state index contributed by atoms with van der Waals surface area (Å²) in [6.45, 7) is 10.1. The van der Waals surface area contributed by atoms with Gasteiger partial charge in [0.15, 0.2) is 0 Å². The van der Waals surface area contributed by atoms with E-state index in [-0.39, 0.29) is 31.0 Å². The molecule has 2 aromatic rings. The maximum absolute atomic E-state index is 13.0. The molecule has 0 radical (unpaired) electrons. The summed E-state index contributed by atoms with van der Waals surface area (Å²) in [4.78, 5) is 37.3. The summed E-state index contributed by atoms with van der Waals surface area (Å²) < 4.78 is 11.1. The number of aromatic nitrogens is 2. The van der Waals surface area contributed by atoms with Crippen molar-refractivity contribution in [2.45, 2.75) is 71.9 Å². The van der Waals surface area contributed by atoms with Crippen LogP contribution in [0.2, 0.25) is 0 Å². The molecule has 1 atom stereocenters. The molecule has 1 aromatic carbocycles. The zero-order valence-electron chi connectivity index (χ0n) is 23.9. The third-order valence-electron chi connectivity index (χ3n) is 6.51. The van der Waals surface area contributed by atoms with Gasteiger partial charge in [-0.25, -0.2) is 9.78 Å². The molecule has 1 aromatic heterocycles. The predicted octanol–water partition coefficient (Wildman–Crippen LogP) is 3.51. The lowest BCUT2D eigenvalue weighted by atomic mass is 10.0. The van der Waals surface area contributed by atoms with Crippen LogP contribution in [0, 0.1) is 6.92 Å². The molecule has 1 fully saturated rings. The number of rotatable bonds is 10. The average Bonchev–Trinajstić information content (AvgIpc) is 2.85. The summed E-state index contributed by atoms with van der Waals surface area (Å²) in [5, 5.41) is 13.0. The van der Waals surface area contributed by atoms with Gasteiger partial charge in [0, 0.05) is 55.2 Å². The summed E-state index contributed by atoms with van der Waals surface area (Å²) >= 11 is 0. The number of methoxy groups -OCH3 is 1. The fraction of sp³-hybridized carbons (Fsp3) is 0.571. The minimum Gasteiger partial charge on any atom is -0.496 e. The van der Waals surface area contributed by atoms with Crippen LogP contribution in [0.4, 0.5) is 22.2 Å². The van der Waals surface area contributed by atoms with Crippen molar-refractivity contribution in [1.29, 1.82) is 0 Å². The van der Waals surface area contributed by atoms with Gasteiger partial charge in [0.05, 0.1) is 7.11 Å². The Hall–Kier alpha value is -3.60. The summed E-state index contributed by atoms with van der Waals surface area (Å²) in [6.07, 6.45) is 2.44. The number of aryl methyl sites for hydroxylation is 1. The molecule has 0 bridgehead atoms. The van der Waals surface area contributed by atoms with E-state index in [1.54, 1.807) is 32.8 Å². The van der Waals surface area contributed by atoms with Crippen LogP contribution in [0.15, 0.2) is 18.2 Å². The molecular formula is C28H42N6O5. The molecule has 2 amide bonds. The topological polar surface area (TPSA) is 143 Å². The predicted molar refractivity (Wildman–Crippen MR) is 151 cm³/mol. The van der Waals surface area contributed by atoms with Crippen molar-refractivity contribution in [3.63, 3.8) is 0 Å². The van der Waals surface area contributed by atoms with E-state index in [1.807, 2.05) is 25.1 Å². The number of carbonyl (C=O) groups is 2. The minimum atomic E-state index is -0.626.